The van der Waals surface area contributed by atoms with Gasteiger partial charge in [-0.1, -0.05) is 20.1 Å². The molecule has 1 N–H and O–H groups in total. The van der Waals surface area contributed by atoms with E-state index in [0.717, 1.165) is 11.4 Å². The fourth-order valence-electron chi connectivity index (χ4n) is 1.55. The summed E-state index contributed by atoms with van der Waals surface area (Å²) in [4.78, 5) is 1.76. The second-order valence-electron chi connectivity index (χ2n) is 4.74. The van der Waals surface area contributed by atoms with E-state index in [1.165, 1.54) is 12.1 Å². The first-order valence-electron chi connectivity index (χ1n) is 5.92. The zero-order valence-corrected chi connectivity index (χ0v) is 11.2. The third-order valence-electron chi connectivity index (χ3n) is 2.79. The van der Waals surface area contributed by atoms with Crippen molar-refractivity contribution in [2.24, 2.45) is 0 Å². The molecule has 0 aromatic heterocycles. The van der Waals surface area contributed by atoms with E-state index in [2.05, 4.69) is 13.2 Å². The van der Waals surface area contributed by atoms with Gasteiger partial charge in [0, 0.05) is 17.1 Å². The minimum Gasteiger partial charge on any atom is -0.384 e. The molecule has 2 nitrogen and oxygen atoms in total. The van der Waals surface area contributed by atoms with Crippen LogP contribution in [-0.4, -0.2) is 10.7 Å². The Kier molecular flexibility index (Phi) is 4.30. The van der Waals surface area contributed by atoms with Crippen molar-refractivity contribution in [1.82, 2.24) is 0 Å². The van der Waals surface area contributed by atoms with E-state index in [1.807, 2.05) is 6.92 Å². The van der Waals surface area contributed by atoms with Crippen LogP contribution in [-0.2, 0) is 0 Å². The number of benzene rings is 1. The van der Waals surface area contributed by atoms with Crippen molar-refractivity contribution in [2.75, 3.05) is 4.90 Å². The van der Waals surface area contributed by atoms with E-state index < -0.39 is 5.60 Å². The van der Waals surface area contributed by atoms with E-state index in [4.69, 9.17) is 0 Å². The molecule has 1 aromatic rings. The van der Waals surface area contributed by atoms with Crippen molar-refractivity contribution >= 4 is 5.69 Å². The summed E-state index contributed by atoms with van der Waals surface area (Å²) in [6.07, 6.45) is 0.715. The molecule has 0 heterocycles. The lowest BCUT2D eigenvalue weighted by molar-refractivity contribution is 0.118. The maximum atomic E-state index is 13.0. The Morgan fingerprint density at radius 2 is 1.78 bits per heavy atom. The zero-order chi connectivity index (χ0) is 13.9. The number of hydrogen-bond acceptors (Lipinski definition) is 2. The summed E-state index contributed by atoms with van der Waals surface area (Å²) in [5.41, 5.74) is 0.997. The molecule has 0 spiro atoms. The van der Waals surface area contributed by atoms with Gasteiger partial charge in [-0.3, -0.25) is 0 Å². The van der Waals surface area contributed by atoms with Crippen LogP contribution in [0.25, 0.3) is 0 Å². The molecule has 0 atom stereocenters. The molecular weight excluding hydrogens is 229 g/mol. The van der Waals surface area contributed by atoms with Gasteiger partial charge in [0.1, 0.15) is 5.82 Å². The number of hydrogen-bond donors (Lipinski definition) is 1. The average Bonchev–Trinajstić information content (AvgIpc) is 2.30. The lowest BCUT2D eigenvalue weighted by atomic mass is 10.0. The van der Waals surface area contributed by atoms with E-state index in [9.17, 15) is 9.50 Å². The van der Waals surface area contributed by atoms with E-state index in [-0.39, 0.29) is 5.82 Å². The molecule has 1 rings (SSSR count). The van der Waals surface area contributed by atoms with Crippen molar-refractivity contribution in [3.63, 3.8) is 0 Å². The van der Waals surface area contributed by atoms with Gasteiger partial charge < -0.3 is 10.0 Å². The van der Waals surface area contributed by atoms with Gasteiger partial charge in [0.15, 0.2) is 0 Å². The Morgan fingerprint density at radius 1 is 1.28 bits per heavy atom. The van der Waals surface area contributed by atoms with E-state index in [1.54, 1.807) is 30.9 Å². The topological polar surface area (TPSA) is 23.5 Å². The van der Waals surface area contributed by atoms with Gasteiger partial charge in [-0.2, -0.15) is 0 Å². The molecule has 0 aliphatic rings. The molecule has 0 aliphatic carbocycles. The third kappa shape index (κ3) is 3.20. The van der Waals surface area contributed by atoms with Crippen molar-refractivity contribution in [3.8, 4) is 0 Å². The monoisotopic (exact) mass is 249 g/mol. The van der Waals surface area contributed by atoms with Crippen LogP contribution >= 0.6 is 0 Å². The minimum atomic E-state index is -1.06. The van der Waals surface area contributed by atoms with Gasteiger partial charge >= 0.3 is 0 Å². The number of anilines is 1. The highest BCUT2D eigenvalue weighted by Gasteiger charge is 2.25. The van der Waals surface area contributed by atoms with Gasteiger partial charge in [0.2, 0.25) is 0 Å². The van der Waals surface area contributed by atoms with Crippen LogP contribution in [0.5, 0.6) is 0 Å². The fourth-order valence-corrected chi connectivity index (χ4v) is 1.55. The molecule has 0 bridgehead atoms. The predicted molar refractivity (Wildman–Crippen MR) is 73.7 cm³/mol. The summed E-state index contributed by atoms with van der Waals surface area (Å²) in [6.45, 7) is 13.2. The zero-order valence-electron chi connectivity index (χ0n) is 11.2. The fraction of sp³-hybridized carbons (Fsp3) is 0.333. The van der Waals surface area contributed by atoms with Crippen LogP contribution < -0.4 is 4.90 Å². The van der Waals surface area contributed by atoms with Crippen LogP contribution in [0.15, 0.2) is 48.8 Å². The second kappa shape index (κ2) is 5.36. The molecule has 0 fully saturated rings. The molecule has 0 saturated heterocycles. The van der Waals surface area contributed by atoms with Crippen molar-refractivity contribution in [1.29, 1.82) is 0 Å². The molecule has 0 radical (unpaired) electrons. The number of allylic oxidation sites excluding steroid dienone is 1. The Labute approximate surface area is 108 Å². The Balaban J connectivity index is 3.18. The standard InChI is InChI=1S/C15H20FNO/c1-6-11(2)17(12(3)15(4,5)18)14-9-7-13(16)8-10-14/h7-10,18H,2-3,6H2,1,4-5H3. The van der Waals surface area contributed by atoms with Crippen LogP contribution in [0.3, 0.4) is 0 Å². The summed E-state index contributed by atoms with van der Waals surface area (Å²) in [7, 11) is 0. The highest BCUT2D eigenvalue weighted by atomic mass is 19.1. The molecule has 18 heavy (non-hydrogen) atoms. The number of rotatable bonds is 5. The molecule has 1 aromatic carbocycles. The molecule has 0 amide bonds. The maximum Gasteiger partial charge on any atom is 0.123 e. The van der Waals surface area contributed by atoms with E-state index in [0.29, 0.717) is 12.1 Å². The molecule has 0 aliphatic heterocycles. The first-order valence-corrected chi connectivity index (χ1v) is 5.92. The Hall–Kier alpha value is -1.61. The largest absolute Gasteiger partial charge is 0.384 e. The predicted octanol–water partition coefficient (Wildman–Crippen LogP) is 3.84. The van der Waals surface area contributed by atoms with Crippen molar-refractivity contribution in [2.45, 2.75) is 32.8 Å². The van der Waals surface area contributed by atoms with Gasteiger partial charge in [-0.25, -0.2) is 4.39 Å². The highest BCUT2D eigenvalue weighted by molar-refractivity contribution is 5.58. The average molecular weight is 249 g/mol. The molecule has 0 unspecified atom stereocenters. The normalized spacial score (nSPS) is 11.2. The van der Waals surface area contributed by atoms with Crippen LogP contribution in [0, 0.1) is 5.82 Å². The maximum absolute atomic E-state index is 13.0. The summed E-state index contributed by atoms with van der Waals surface area (Å²) in [5, 5.41) is 10.1. The van der Waals surface area contributed by atoms with E-state index >= 15 is 0 Å². The molecule has 3 heteroatoms. The summed E-state index contributed by atoms with van der Waals surface area (Å²) < 4.78 is 13.0. The number of halogens is 1. The van der Waals surface area contributed by atoms with Gasteiger partial charge in [0.25, 0.3) is 0 Å². The Bertz CT molecular complexity index is 443. The van der Waals surface area contributed by atoms with Crippen molar-refractivity contribution < 1.29 is 9.50 Å². The van der Waals surface area contributed by atoms with Gasteiger partial charge in [-0.05, 0) is 44.5 Å². The lowest BCUT2D eigenvalue weighted by Crippen LogP contribution is -2.34. The quantitative estimate of drug-likeness (QED) is 0.857. The van der Waals surface area contributed by atoms with Crippen LogP contribution in [0.4, 0.5) is 10.1 Å². The number of nitrogens with zero attached hydrogens (tertiary/aromatic N) is 1. The first-order chi connectivity index (χ1) is 8.27. The second-order valence-corrected chi connectivity index (χ2v) is 4.74. The number of aliphatic hydroxyl groups is 1. The first kappa shape index (κ1) is 14.5. The summed E-state index contributed by atoms with van der Waals surface area (Å²) >= 11 is 0. The minimum absolute atomic E-state index is 0.297. The summed E-state index contributed by atoms with van der Waals surface area (Å²) in [5.74, 6) is -0.297. The SMILES string of the molecule is C=C(CC)N(C(=C)C(C)(C)O)c1ccc(F)cc1. The van der Waals surface area contributed by atoms with Crippen molar-refractivity contribution in [3.05, 3.63) is 54.6 Å². The molecular formula is C15H20FNO. The van der Waals surface area contributed by atoms with Crippen LogP contribution in [0.2, 0.25) is 0 Å². The third-order valence-corrected chi connectivity index (χ3v) is 2.79. The molecule has 0 saturated carbocycles. The highest BCUT2D eigenvalue weighted by Crippen LogP contribution is 2.29. The van der Waals surface area contributed by atoms with Gasteiger partial charge in [0.05, 0.1) is 5.60 Å². The smallest absolute Gasteiger partial charge is 0.123 e. The van der Waals surface area contributed by atoms with Crippen LogP contribution in [0.1, 0.15) is 27.2 Å². The summed E-state index contributed by atoms with van der Waals surface area (Å²) in [6, 6.07) is 6.05. The molecule has 98 valence electrons. The lowest BCUT2D eigenvalue weighted by Gasteiger charge is -2.34. The Morgan fingerprint density at radius 3 is 2.17 bits per heavy atom. The van der Waals surface area contributed by atoms with Gasteiger partial charge in [-0.15, -0.1) is 0 Å².